The molecule has 0 fully saturated rings. The van der Waals surface area contributed by atoms with Crippen molar-refractivity contribution < 1.29 is 28.6 Å². The first kappa shape index (κ1) is 34.7. The predicted molar refractivity (Wildman–Crippen MR) is 178 cm³/mol. The molecule has 3 aromatic rings. The van der Waals surface area contributed by atoms with Crippen molar-refractivity contribution in [2.75, 3.05) is 13.2 Å². The van der Waals surface area contributed by atoms with Crippen molar-refractivity contribution in [1.82, 2.24) is 0 Å². The fourth-order valence-corrected chi connectivity index (χ4v) is 7.16. The van der Waals surface area contributed by atoms with Crippen LogP contribution in [0.5, 0.6) is 0 Å². The Hall–Kier alpha value is -3.76. The van der Waals surface area contributed by atoms with Crippen LogP contribution in [0, 0.1) is 17.3 Å². The SMILES string of the molecule is CCOC(=O)/C(C)=C/C(C)CC(OC(=O)c1ccccc1P(c1ccccc1)c1ccccc1)C(C)COC(=O)C(C)(C)C. The lowest BCUT2D eigenvalue weighted by atomic mass is 9.93. The van der Waals surface area contributed by atoms with E-state index in [0.29, 0.717) is 24.2 Å². The maximum absolute atomic E-state index is 14.0. The summed E-state index contributed by atoms with van der Waals surface area (Å²) < 4.78 is 17.0. The summed E-state index contributed by atoms with van der Waals surface area (Å²) in [6.45, 7) is 13.2. The molecule has 3 unspecified atom stereocenters. The Bertz CT molecular complexity index is 1370. The van der Waals surface area contributed by atoms with Crippen molar-refractivity contribution >= 4 is 41.7 Å². The van der Waals surface area contributed by atoms with Gasteiger partial charge in [-0.05, 0) is 76.9 Å². The van der Waals surface area contributed by atoms with Crippen LogP contribution in [0.15, 0.2) is 96.6 Å². The van der Waals surface area contributed by atoms with E-state index < -0.39 is 25.4 Å². The Balaban J connectivity index is 1.95. The summed E-state index contributed by atoms with van der Waals surface area (Å²) in [4.78, 5) is 38.8. The van der Waals surface area contributed by atoms with Gasteiger partial charge in [0.15, 0.2) is 0 Å². The van der Waals surface area contributed by atoms with E-state index in [1.807, 2.05) is 80.6 Å². The minimum atomic E-state index is -1.04. The summed E-state index contributed by atoms with van der Waals surface area (Å²) in [5, 5.41) is 3.16. The van der Waals surface area contributed by atoms with Crippen molar-refractivity contribution in [2.24, 2.45) is 17.3 Å². The van der Waals surface area contributed by atoms with Crippen molar-refractivity contribution in [3.63, 3.8) is 0 Å². The second-order valence-corrected chi connectivity index (χ2v) is 14.3. The number of esters is 3. The van der Waals surface area contributed by atoms with Gasteiger partial charge in [-0.15, -0.1) is 0 Å². The molecule has 234 valence electrons. The Morgan fingerprint density at radius 3 is 1.91 bits per heavy atom. The van der Waals surface area contributed by atoms with Gasteiger partial charge < -0.3 is 14.2 Å². The van der Waals surface area contributed by atoms with E-state index in [1.54, 1.807) is 34.6 Å². The molecule has 0 aliphatic rings. The minimum absolute atomic E-state index is 0.101. The molecule has 0 spiro atoms. The van der Waals surface area contributed by atoms with E-state index in [-0.39, 0.29) is 30.4 Å². The monoisotopic (exact) mass is 616 g/mol. The number of allylic oxidation sites excluding steroid dienone is 1. The van der Waals surface area contributed by atoms with Gasteiger partial charge in [-0.25, -0.2) is 9.59 Å². The number of hydrogen-bond acceptors (Lipinski definition) is 6. The quantitative estimate of drug-likeness (QED) is 0.0917. The van der Waals surface area contributed by atoms with Crippen LogP contribution >= 0.6 is 7.92 Å². The van der Waals surface area contributed by atoms with Crippen molar-refractivity contribution in [3.8, 4) is 0 Å². The number of hydrogen-bond donors (Lipinski definition) is 0. The average Bonchev–Trinajstić information content (AvgIpc) is 3.00. The van der Waals surface area contributed by atoms with Crippen molar-refractivity contribution in [1.29, 1.82) is 0 Å². The van der Waals surface area contributed by atoms with Crippen LogP contribution in [0.3, 0.4) is 0 Å². The van der Waals surface area contributed by atoms with E-state index in [4.69, 9.17) is 14.2 Å². The molecule has 0 aromatic heterocycles. The zero-order chi connectivity index (χ0) is 32.3. The molecule has 6 nitrogen and oxygen atoms in total. The summed E-state index contributed by atoms with van der Waals surface area (Å²) in [7, 11) is -1.04. The lowest BCUT2D eigenvalue weighted by Gasteiger charge is -2.28. The largest absolute Gasteiger partial charge is 0.465 e. The smallest absolute Gasteiger partial charge is 0.339 e. The van der Waals surface area contributed by atoms with Gasteiger partial charge in [0.05, 0.1) is 24.2 Å². The van der Waals surface area contributed by atoms with Crippen molar-refractivity contribution in [3.05, 3.63) is 102 Å². The highest BCUT2D eigenvalue weighted by Gasteiger charge is 2.30. The number of benzene rings is 3. The lowest BCUT2D eigenvalue weighted by Crippen LogP contribution is -2.34. The highest BCUT2D eigenvalue weighted by molar-refractivity contribution is 7.80. The third-order valence-corrected chi connectivity index (χ3v) is 9.61. The molecule has 0 bridgehead atoms. The molecular formula is C37H45O6P. The molecule has 0 aliphatic heterocycles. The first-order valence-corrected chi connectivity index (χ1v) is 16.5. The molecule has 0 saturated heterocycles. The van der Waals surface area contributed by atoms with Gasteiger partial charge in [0.2, 0.25) is 0 Å². The Morgan fingerprint density at radius 1 is 0.818 bits per heavy atom. The molecule has 3 aromatic carbocycles. The van der Waals surface area contributed by atoms with E-state index in [9.17, 15) is 14.4 Å². The van der Waals surface area contributed by atoms with Crippen LogP contribution in [-0.2, 0) is 23.8 Å². The lowest BCUT2D eigenvalue weighted by molar-refractivity contribution is -0.155. The third-order valence-electron chi connectivity index (χ3n) is 7.11. The highest BCUT2D eigenvalue weighted by atomic mass is 31.1. The fourth-order valence-electron chi connectivity index (χ4n) is 4.73. The summed E-state index contributed by atoms with van der Waals surface area (Å²) in [6, 6.07) is 28.0. The average molecular weight is 617 g/mol. The summed E-state index contributed by atoms with van der Waals surface area (Å²) in [5.41, 5.74) is 0.350. The molecule has 44 heavy (non-hydrogen) atoms. The second kappa shape index (κ2) is 16.4. The third kappa shape index (κ3) is 9.89. The first-order valence-electron chi connectivity index (χ1n) is 15.1. The number of rotatable bonds is 13. The summed E-state index contributed by atoms with van der Waals surface area (Å²) >= 11 is 0. The zero-order valence-corrected chi connectivity index (χ0v) is 27.8. The minimum Gasteiger partial charge on any atom is -0.465 e. The Labute approximate surface area is 263 Å². The molecular weight excluding hydrogens is 571 g/mol. The summed E-state index contributed by atoms with van der Waals surface area (Å²) in [6.07, 6.45) is 1.69. The van der Waals surface area contributed by atoms with Gasteiger partial charge >= 0.3 is 17.9 Å². The van der Waals surface area contributed by atoms with Crippen LogP contribution in [0.25, 0.3) is 0 Å². The van der Waals surface area contributed by atoms with Crippen molar-refractivity contribution in [2.45, 2.75) is 61.0 Å². The maximum Gasteiger partial charge on any atom is 0.339 e. The van der Waals surface area contributed by atoms with E-state index >= 15 is 0 Å². The predicted octanol–water partition coefficient (Wildman–Crippen LogP) is 6.73. The van der Waals surface area contributed by atoms with Gasteiger partial charge in [0, 0.05) is 11.5 Å². The van der Waals surface area contributed by atoms with Crippen LogP contribution in [0.4, 0.5) is 0 Å². The molecule has 3 atom stereocenters. The van der Waals surface area contributed by atoms with Gasteiger partial charge in [-0.1, -0.05) is 98.8 Å². The molecule has 0 heterocycles. The van der Waals surface area contributed by atoms with Gasteiger partial charge in [-0.3, -0.25) is 4.79 Å². The van der Waals surface area contributed by atoms with E-state index in [2.05, 4.69) is 24.3 Å². The van der Waals surface area contributed by atoms with Gasteiger partial charge in [-0.2, -0.15) is 0 Å². The maximum atomic E-state index is 14.0. The molecule has 7 heteroatoms. The van der Waals surface area contributed by atoms with Crippen LogP contribution in [0.1, 0.15) is 65.2 Å². The topological polar surface area (TPSA) is 78.9 Å². The van der Waals surface area contributed by atoms with Crippen LogP contribution < -0.4 is 15.9 Å². The molecule has 0 amide bonds. The highest BCUT2D eigenvalue weighted by Crippen LogP contribution is 2.34. The molecule has 0 saturated carbocycles. The fraction of sp³-hybridized carbons (Fsp3) is 0.378. The van der Waals surface area contributed by atoms with Gasteiger partial charge in [0.1, 0.15) is 6.10 Å². The number of ether oxygens (including phenoxy) is 3. The van der Waals surface area contributed by atoms with Gasteiger partial charge in [0.25, 0.3) is 0 Å². The van der Waals surface area contributed by atoms with Crippen LogP contribution in [-0.4, -0.2) is 37.2 Å². The molecule has 0 radical (unpaired) electrons. The first-order chi connectivity index (χ1) is 20.9. The standard InChI is InChI=1S/C37H45O6P/c1-8-41-34(38)27(3)23-26(2)24-32(28(4)25-42-36(40)37(5,6)7)43-35(39)31-21-15-16-22-33(31)44(29-17-11-9-12-18-29)30-19-13-10-14-20-30/h9-23,26,28,32H,8,24-25H2,1-7H3/b27-23+. The normalized spacial score (nSPS) is 14.0. The molecule has 3 rings (SSSR count). The Kier molecular flexibility index (Phi) is 12.9. The Morgan fingerprint density at radius 2 is 1.36 bits per heavy atom. The van der Waals surface area contributed by atoms with Crippen LogP contribution in [0.2, 0.25) is 0 Å². The zero-order valence-electron chi connectivity index (χ0n) is 26.9. The summed E-state index contributed by atoms with van der Waals surface area (Å²) in [5.74, 6) is -1.52. The number of carbonyl (C=O) groups is 3. The molecule has 0 aliphatic carbocycles. The number of carbonyl (C=O) groups excluding carboxylic acids is 3. The second-order valence-electron chi connectivity index (χ2n) is 12.1. The van der Waals surface area contributed by atoms with E-state index in [0.717, 1.165) is 15.9 Å². The van der Waals surface area contributed by atoms with E-state index in [1.165, 1.54) is 0 Å². The molecule has 0 N–H and O–H groups in total.